The lowest BCUT2D eigenvalue weighted by Gasteiger charge is -2.06. The summed E-state index contributed by atoms with van der Waals surface area (Å²) in [5, 5.41) is 18.3. The van der Waals surface area contributed by atoms with E-state index in [1.54, 1.807) is 6.20 Å². The van der Waals surface area contributed by atoms with Crippen LogP contribution in [0.25, 0.3) is 0 Å². The Bertz CT molecular complexity index is 523. The smallest absolute Gasteiger partial charge is 0.255 e. The number of methoxy groups -OCH3 is 1. The first kappa shape index (κ1) is 11.0. The van der Waals surface area contributed by atoms with Crippen LogP contribution in [0.2, 0.25) is 0 Å². The van der Waals surface area contributed by atoms with E-state index in [-0.39, 0.29) is 17.4 Å². The number of anilines is 1. The highest BCUT2D eigenvalue weighted by molar-refractivity contribution is 6.04. The minimum Gasteiger partial charge on any atom is -0.504 e. The molecule has 0 aliphatic heterocycles. The maximum Gasteiger partial charge on any atom is 0.255 e. The summed E-state index contributed by atoms with van der Waals surface area (Å²) in [5.41, 5.74) is 0.961. The summed E-state index contributed by atoms with van der Waals surface area (Å²) in [6.07, 6.45) is 3.06. The second-order valence-corrected chi connectivity index (χ2v) is 3.33. The van der Waals surface area contributed by atoms with Crippen LogP contribution in [0.1, 0.15) is 10.4 Å². The summed E-state index contributed by atoms with van der Waals surface area (Å²) >= 11 is 0. The van der Waals surface area contributed by atoms with Crippen molar-refractivity contribution < 1.29 is 14.6 Å². The van der Waals surface area contributed by atoms with Gasteiger partial charge in [0.25, 0.3) is 5.91 Å². The fraction of sp³-hybridized carbons (Fsp3) is 0.0909. The third-order valence-corrected chi connectivity index (χ3v) is 2.20. The zero-order valence-electron chi connectivity index (χ0n) is 9.10. The van der Waals surface area contributed by atoms with Gasteiger partial charge in [0.2, 0.25) is 0 Å². The molecule has 0 fully saturated rings. The molecule has 0 aliphatic carbocycles. The van der Waals surface area contributed by atoms with Crippen molar-refractivity contribution in [2.45, 2.75) is 0 Å². The Morgan fingerprint density at radius 3 is 3.00 bits per heavy atom. The van der Waals surface area contributed by atoms with Crippen LogP contribution in [0.5, 0.6) is 11.5 Å². The van der Waals surface area contributed by atoms with Gasteiger partial charge >= 0.3 is 0 Å². The largest absolute Gasteiger partial charge is 0.504 e. The molecule has 0 bridgehead atoms. The monoisotopic (exact) mass is 233 g/mol. The van der Waals surface area contributed by atoms with Gasteiger partial charge in [0.05, 0.1) is 19.0 Å². The summed E-state index contributed by atoms with van der Waals surface area (Å²) in [4.78, 5) is 11.8. The van der Waals surface area contributed by atoms with E-state index in [4.69, 9.17) is 4.74 Å². The third-order valence-electron chi connectivity index (χ3n) is 2.20. The molecule has 1 heterocycles. The average molecular weight is 233 g/mol. The van der Waals surface area contributed by atoms with Crippen LogP contribution in [-0.4, -0.2) is 28.3 Å². The number of nitrogens with zero attached hydrogens (tertiary/aromatic N) is 1. The second-order valence-electron chi connectivity index (χ2n) is 3.33. The van der Waals surface area contributed by atoms with Crippen molar-refractivity contribution in [1.82, 2.24) is 10.2 Å². The molecule has 1 amide bonds. The molecule has 0 aliphatic rings. The van der Waals surface area contributed by atoms with Crippen molar-refractivity contribution in [3.05, 3.63) is 36.2 Å². The topological polar surface area (TPSA) is 87.2 Å². The molecule has 0 radical (unpaired) electrons. The number of benzene rings is 1. The summed E-state index contributed by atoms with van der Waals surface area (Å²) < 4.78 is 4.92. The van der Waals surface area contributed by atoms with Gasteiger partial charge in [-0.25, -0.2) is 0 Å². The SMILES string of the molecule is COc1cc(C(=O)Nc2cn[nH]c2)ccc1O. The number of carbonyl (C=O) groups is 1. The molecule has 1 aromatic carbocycles. The standard InChI is InChI=1S/C11H11N3O3/c1-17-10-4-7(2-3-9(10)15)11(16)14-8-5-12-13-6-8/h2-6,15H,1H3,(H,12,13)(H,14,16). The van der Waals surface area contributed by atoms with E-state index in [1.807, 2.05) is 0 Å². The Morgan fingerprint density at radius 2 is 2.35 bits per heavy atom. The molecule has 6 nitrogen and oxygen atoms in total. The number of rotatable bonds is 3. The first-order valence-electron chi connectivity index (χ1n) is 4.88. The normalized spacial score (nSPS) is 9.94. The lowest BCUT2D eigenvalue weighted by atomic mass is 10.2. The molecule has 0 saturated heterocycles. The highest BCUT2D eigenvalue weighted by Crippen LogP contribution is 2.26. The number of phenols is 1. The summed E-state index contributed by atoms with van der Waals surface area (Å²) in [6.45, 7) is 0. The van der Waals surface area contributed by atoms with Gasteiger partial charge in [-0.3, -0.25) is 9.89 Å². The fourth-order valence-corrected chi connectivity index (χ4v) is 1.34. The van der Waals surface area contributed by atoms with Crippen LogP contribution in [-0.2, 0) is 0 Å². The number of hydrogen-bond acceptors (Lipinski definition) is 4. The number of ether oxygens (including phenoxy) is 1. The molecule has 0 spiro atoms. The number of hydrogen-bond donors (Lipinski definition) is 3. The number of aromatic amines is 1. The van der Waals surface area contributed by atoms with E-state index in [9.17, 15) is 9.90 Å². The first-order valence-corrected chi connectivity index (χ1v) is 4.88. The minimum absolute atomic E-state index is 0.00707. The van der Waals surface area contributed by atoms with E-state index < -0.39 is 0 Å². The number of phenolic OH excluding ortho intramolecular Hbond substituents is 1. The molecule has 88 valence electrons. The predicted molar refractivity (Wildman–Crippen MR) is 61.2 cm³/mol. The zero-order valence-corrected chi connectivity index (χ0v) is 9.10. The maximum absolute atomic E-state index is 11.8. The Morgan fingerprint density at radius 1 is 1.53 bits per heavy atom. The van der Waals surface area contributed by atoms with Crippen LogP contribution in [0.15, 0.2) is 30.6 Å². The summed E-state index contributed by atoms with van der Waals surface area (Å²) in [6, 6.07) is 4.38. The number of H-pyrrole nitrogens is 1. The van der Waals surface area contributed by atoms with E-state index in [0.29, 0.717) is 11.3 Å². The molecular weight excluding hydrogens is 222 g/mol. The third kappa shape index (κ3) is 2.36. The number of amides is 1. The molecule has 0 atom stereocenters. The summed E-state index contributed by atoms with van der Waals surface area (Å²) in [7, 11) is 1.42. The average Bonchev–Trinajstić information content (AvgIpc) is 2.82. The van der Waals surface area contributed by atoms with Gasteiger partial charge < -0.3 is 15.2 Å². The Hall–Kier alpha value is -2.50. The maximum atomic E-state index is 11.8. The minimum atomic E-state index is -0.301. The van der Waals surface area contributed by atoms with Crippen molar-refractivity contribution in [3.8, 4) is 11.5 Å². The first-order chi connectivity index (χ1) is 8.20. The number of aromatic hydroxyl groups is 1. The highest BCUT2D eigenvalue weighted by Gasteiger charge is 2.10. The predicted octanol–water partition coefficient (Wildman–Crippen LogP) is 1.38. The van der Waals surface area contributed by atoms with Crippen LogP contribution in [0.4, 0.5) is 5.69 Å². The molecule has 6 heteroatoms. The quantitative estimate of drug-likeness (QED) is 0.747. The molecule has 1 aromatic heterocycles. The lowest BCUT2D eigenvalue weighted by molar-refractivity contribution is 0.102. The van der Waals surface area contributed by atoms with Crippen molar-refractivity contribution in [3.63, 3.8) is 0 Å². The molecule has 17 heavy (non-hydrogen) atoms. The Kier molecular flexibility index (Phi) is 2.95. The van der Waals surface area contributed by atoms with Crippen molar-refractivity contribution >= 4 is 11.6 Å². The van der Waals surface area contributed by atoms with Crippen LogP contribution in [0.3, 0.4) is 0 Å². The molecule has 0 unspecified atom stereocenters. The van der Waals surface area contributed by atoms with Crippen LogP contribution >= 0.6 is 0 Å². The highest BCUT2D eigenvalue weighted by atomic mass is 16.5. The molecule has 2 aromatic rings. The molecule has 3 N–H and O–H groups in total. The van der Waals surface area contributed by atoms with Gasteiger partial charge in [-0.05, 0) is 18.2 Å². The molecular formula is C11H11N3O3. The molecule has 0 saturated carbocycles. The van der Waals surface area contributed by atoms with E-state index >= 15 is 0 Å². The van der Waals surface area contributed by atoms with Crippen molar-refractivity contribution in [2.24, 2.45) is 0 Å². The molecule has 2 rings (SSSR count). The van der Waals surface area contributed by atoms with Gasteiger partial charge in [-0.2, -0.15) is 5.10 Å². The van der Waals surface area contributed by atoms with E-state index in [2.05, 4.69) is 15.5 Å². The van der Waals surface area contributed by atoms with Gasteiger partial charge in [0.1, 0.15) is 0 Å². The van der Waals surface area contributed by atoms with Crippen molar-refractivity contribution in [2.75, 3.05) is 12.4 Å². The number of carbonyl (C=O) groups excluding carboxylic acids is 1. The lowest BCUT2D eigenvalue weighted by Crippen LogP contribution is -2.11. The number of nitrogens with one attached hydrogen (secondary N) is 2. The Labute approximate surface area is 97.2 Å². The van der Waals surface area contributed by atoms with Gasteiger partial charge in [0, 0.05) is 11.8 Å². The van der Waals surface area contributed by atoms with Gasteiger partial charge in [-0.15, -0.1) is 0 Å². The van der Waals surface area contributed by atoms with Gasteiger partial charge in [0.15, 0.2) is 11.5 Å². The fourth-order valence-electron chi connectivity index (χ4n) is 1.34. The Balaban J connectivity index is 2.19. The van der Waals surface area contributed by atoms with E-state index in [0.717, 1.165) is 0 Å². The van der Waals surface area contributed by atoms with Crippen molar-refractivity contribution in [1.29, 1.82) is 0 Å². The second kappa shape index (κ2) is 4.56. The van der Waals surface area contributed by atoms with Gasteiger partial charge in [-0.1, -0.05) is 0 Å². The zero-order chi connectivity index (χ0) is 12.3. The summed E-state index contributed by atoms with van der Waals surface area (Å²) in [5.74, 6) is -0.0538. The van der Waals surface area contributed by atoms with E-state index in [1.165, 1.54) is 31.5 Å². The van der Waals surface area contributed by atoms with Crippen LogP contribution < -0.4 is 10.1 Å². The number of aromatic nitrogens is 2. The van der Waals surface area contributed by atoms with Crippen LogP contribution in [0, 0.1) is 0 Å².